The van der Waals surface area contributed by atoms with Crippen LogP contribution in [0, 0.1) is 5.92 Å². The van der Waals surface area contributed by atoms with Gasteiger partial charge < -0.3 is 10.4 Å². The van der Waals surface area contributed by atoms with Gasteiger partial charge in [-0.25, -0.2) is 0 Å². The van der Waals surface area contributed by atoms with E-state index < -0.39 is 6.10 Å². The summed E-state index contributed by atoms with van der Waals surface area (Å²) in [4.78, 5) is 12.7. The maximum absolute atomic E-state index is 12.7. The molecule has 3 aromatic rings. The molecular weight excluding hydrogens is 350 g/mol. The van der Waals surface area contributed by atoms with Crippen LogP contribution >= 0.6 is 0 Å². The molecule has 0 spiro atoms. The molecule has 0 bridgehead atoms. The molecule has 142 valence electrons. The number of carbonyl (C=O) groups excluding carboxylic acids is 1. The summed E-state index contributed by atoms with van der Waals surface area (Å²) in [6.45, 7) is 0.992. The van der Waals surface area contributed by atoms with Crippen molar-refractivity contribution in [2.45, 2.75) is 38.0 Å². The molecule has 5 rings (SSSR count). The molecule has 2 atom stereocenters. The van der Waals surface area contributed by atoms with Crippen molar-refractivity contribution in [3.8, 4) is 11.1 Å². The van der Waals surface area contributed by atoms with Gasteiger partial charge in [-0.3, -0.25) is 9.48 Å². The number of fused-ring (bicyclic) bond motifs is 1. The van der Waals surface area contributed by atoms with E-state index in [1.165, 1.54) is 12.8 Å². The number of rotatable bonds is 5. The van der Waals surface area contributed by atoms with Crippen molar-refractivity contribution >= 4 is 5.91 Å². The Balaban J connectivity index is 1.29. The van der Waals surface area contributed by atoms with Crippen molar-refractivity contribution in [3.05, 3.63) is 77.6 Å². The Kier molecular flexibility index (Phi) is 4.24. The third-order valence-electron chi connectivity index (χ3n) is 5.75. The van der Waals surface area contributed by atoms with E-state index in [0.29, 0.717) is 12.0 Å². The van der Waals surface area contributed by atoms with Crippen molar-refractivity contribution < 1.29 is 9.90 Å². The van der Waals surface area contributed by atoms with Gasteiger partial charge in [0.2, 0.25) is 0 Å². The Labute approximate surface area is 164 Å². The lowest BCUT2D eigenvalue weighted by atomic mass is 10.1. The summed E-state index contributed by atoms with van der Waals surface area (Å²) < 4.78 is 2.01. The first-order valence-electron chi connectivity index (χ1n) is 9.87. The molecule has 2 aromatic carbocycles. The van der Waals surface area contributed by atoms with Crippen LogP contribution in [-0.2, 0) is 13.0 Å². The van der Waals surface area contributed by atoms with Gasteiger partial charge >= 0.3 is 0 Å². The molecule has 1 aromatic heterocycles. The van der Waals surface area contributed by atoms with E-state index in [9.17, 15) is 9.90 Å². The van der Waals surface area contributed by atoms with Gasteiger partial charge in [-0.1, -0.05) is 36.4 Å². The molecule has 5 nitrogen and oxygen atoms in total. The second-order valence-electron chi connectivity index (χ2n) is 7.89. The third kappa shape index (κ3) is 3.34. The monoisotopic (exact) mass is 373 g/mol. The van der Waals surface area contributed by atoms with Crippen LogP contribution in [0.3, 0.4) is 0 Å². The number of benzene rings is 2. The molecule has 0 saturated heterocycles. The molecule has 2 aliphatic rings. The minimum atomic E-state index is -0.585. The van der Waals surface area contributed by atoms with E-state index >= 15 is 0 Å². The molecule has 1 amide bonds. The molecule has 1 heterocycles. The lowest BCUT2D eigenvalue weighted by molar-refractivity contribution is 0.0858. The third-order valence-corrected chi connectivity index (χ3v) is 5.75. The predicted molar refractivity (Wildman–Crippen MR) is 107 cm³/mol. The maximum Gasteiger partial charge on any atom is 0.251 e. The van der Waals surface area contributed by atoms with Crippen molar-refractivity contribution in [1.29, 1.82) is 0 Å². The number of aromatic nitrogens is 2. The number of aliphatic hydroxyl groups excluding tert-OH is 1. The van der Waals surface area contributed by atoms with Gasteiger partial charge in [0.25, 0.3) is 5.91 Å². The number of carbonyl (C=O) groups is 1. The standard InChI is InChI=1S/C23H23N3O2/c27-21-11-18-3-1-2-4-20(18)22(21)25-23(28)17-9-7-16(8-10-17)19-12-24-26(14-19)13-15-5-6-15/h1-4,7-10,12,14-15,21-22,27H,5-6,11,13H2,(H,25,28)/t21-,22+/m1/s1. The molecule has 1 saturated carbocycles. The van der Waals surface area contributed by atoms with Crippen molar-refractivity contribution in [2.24, 2.45) is 5.92 Å². The molecular formula is C23H23N3O2. The highest BCUT2D eigenvalue weighted by Gasteiger charge is 2.32. The number of aliphatic hydroxyl groups is 1. The van der Waals surface area contributed by atoms with Crippen LogP contribution in [0.1, 0.15) is 40.4 Å². The fourth-order valence-electron chi connectivity index (χ4n) is 3.96. The van der Waals surface area contributed by atoms with Gasteiger partial charge in [-0.05, 0) is 47.6 Å². The van der Waals surface area contributed by atoms with Crippen LogP contribution < -0.4 is 5.32 Å². The summed E-state index contributed by atoms with van der Waals surface area (Å²) in [5.74, 6) is 0.617. The smallest absolute Gasteiger partial charge is 0.251 e. The highest BCUT2D eigenvalue weighted by Crippen LogP contribution is 2.32. The Morgan fingerprint density at radius 3 is 2.68 bits per heavy atom. The fraction of sp³-hybridized carbons (Fsp3) is 0.304. The van der Waals surface area contributed by atoms with Gasteiger partial charge in [-0.2, -0.15) is 5.10 Å². The molecule has 0 unspecified atom stereocenters. The minimum Gasteiger partial charge on any atom is -0.390 e. The summed E-state index contributed by atoms with van der Waals surface area (Å²) >= 11 is 0. The summed E-state index contributed by atoms with van der Waals surface area (Å²) in [5.41, 5.74) is 4.80. The topological polar surface area (TPSA) is 67.2 Å². The molecule has 28 heavy (non-hydrogen) atoms. The van der Waals surface area contributed by atoms with Crippen molar-refractivity contribution in [3.63, 3.8) is 0 Å². The molecule has 1 fully saturated rings. The zero-order valence-corrected chi connectivity index (χ0v) is 15.6. The Morgan fingerprint density at radius 1 is 1.11 bits per heavy atom. The van der Waals surface area contributed by atoms with Crippen LogP contribution in [-0.4, -0.2) is 26.9 Å². The largest absolute Gasteiger partial charge is 0.390 e. The van der Waals surface area contributed by atoms with Gasteiger partial charge in [-0.15, -0.1) is 0 Å². The summed E-state index contributed by atoms with van der Waals surface area (Å²) in [7, 11) is 0. The van der Waals surface area contributed by atoms with Crippen molar-refractivity contribution in [2.75, 3.05) is 0 Å². The summed E-state index contributed by atoms with van der Waals surface area (Å²) in [6, 6.07) is 15.1. The number of hydrogen-bond donors (Lipinski definition) is 2. The Hall–Kier alpha value is -2.92. The lowest BCUT2D eigenvalue weighted by Gasteiger charge is -2.18. The first-order chi connectivity index (χ1) is 13.7. The zero-order chi connectivity index (χ0) is 19.1. The summed E-state index contributed by atoms with van der Waals surface area (Å²) in [6.07, 6.45) is 6.55. The SMILES string of the molecule is O=C(N[C@H]1c2ccccc2C[C@H]1O)c1ccc(-c2cnn(CC3CC3)c2)cc1. The van der Waals surface area contributed by atoms with E-state index in [4.69, 9.17) is 0 Å². The molecule has 5 heteroatoms. The molecule has 0 aliphatic heterocycles. The van der Waals surface area contributed by atoms with E-state index in [-0.39, 0.29) is 11.9 Å². The van der Waals surface area contributed by atoms with E-state index in [1.54, 1.807) is 0 Å². The Bertz CT molecular complexity index is 1000. The minimum absolute atomic E-state index is 0.170. The summed E-state index contributed by atoms with van der Waals surface area (Å²) in [5, 5.41) is 17.8. The van der Waals surface area contributed by atoms with Gasteiger partial charge in [0.05, 0.1) is 18.3 Å². The van der Waals surface area contributed by atoms with Gasteiger partial charge in [0.1, 0.15) is 0 Å². The van der Waals surface area contributed by atoms with Crippen LogP contribution in [0.15, 0.2) is 60.9 Å². The first kappa shape index (κ1) is 17.2. The molecule has 2 N–H and O–H groups in total. The molecule has 2 aliphatic carbocycles. The number of nitrogens with zero attached hydrogens (tertiary/aromatic N) is 2. The van der Waals surface area contributed by atoms with E-state index in [1.807, 2.05) is 59.4 Å². The fourth-order valence-corrected chi connectivity index (χ4v) is 3.96. The first-order valence-corrected chi connectivity index (χ1v) is 9.87. The van der Waals surface area contributed by atoms with Gasteiger partial charge in [0, 0.05) is 30.3 Å². The molecule has 0 radical (unpaired) electrons. The number of nitrogens with one attached hydrogen (secondary N) is 1. The average molecular weight is 373 g/mol. The van der Waals surface area contributed by atoms with Crippen LogP contribution in [0.25, 0.3) is 11.1 Å². The van der Waals surface area contributed by atoms with Gasteiger partial charge in [0.15, 0.2) is 0 Å². The number of amides is 1. The predicted octanol–water partition coefficient (Wildman–Crippen LogP) is 3.35. The lowest BCUT2D eigenvalue weighted by Crippen LogP contribution is -2.33. The second-order valence-corrected chi connectivity index (χ2v) is 7.89. The van der Waals surface area contributed by atoms with Crippen molar-refractivity contribution in [1.82, 2.24) is 15.1 Å². The average Bonchev–Trinajstić information content (AvgIpc) is 3.31. The second kappa shape index (κ2) is 6.91. The van der Waals surface area contributed by atoms with E-state index in [2.05, 4.69) is 16.6 Å². The van der Waals surface area contributed by atoms with E-state index in [0.717, 1.165) is 34.7 Å². The van der Waals surface area contributed by atoms with Crippen LogP contribution in [0.5, 0.6) is 0 Å². The Morgan fingerprint density at radius 2 is 1.89 bits per heavy atom. The normalized spacial score (nSPS) is 20.8. The maximum atomic E-state index is 12.7. The highest BCUT2D eigenvalue weighted by molar-refractivity contribution is 5.95. The van der Waals surface area contributed by atoms with Crippen LogP contribution in [0.2, 0.25) is 0 Å². The zero-order valence-electron chi connectivity index (χ0n) is 15.6. The quantitative estimate of drug-likeness (QED) is 0.721. The van der Waals surface area contributed by atoms with Crippen LogP contribution in [0.4, 0.5) is 0 Å². The highest BCUT2D eigenvalue weighted by atomic mass is 16.3. The number of hydrogen-bond acceptors (Lipinski definition) is 3.